The molecular weight excluding hydrogens is 339 g/mol. The van der Waals surface area contributed by atoms with Crippen molar-refractivity contribution >= 4 is 11.8 Å². The number of alkyl halides is 3. The summed E-state index contributed by atoms with van der Waals surface area (Å²) in [5.41, 5.74) is 3.43. The molecule has 1 fully saturated rings. The van der Waals surface area contributed by atoms with Crippen LogP contribution in [0.4, 0.5) is 24.9 Å². The van der Waals surface area contributed by atoms with E-state index in [9.17, 15) is 18.0 Å². The lowest BCUT2D eigenvalue weighted by Crippen LogP contribution is -2.45. The topological polar surface area (TPSA) is 97.1 Å². The fourth-order valence-electron chi connectivity index (χ4n) is 2.67. The summed E-state index contributed by atoms with van der Waals surface area (Å²) in [7, 11) is 0. The fraction of sp³-hybridized carbons (Fsp3) is 0.400. The van der Waals surface area contributed by atoms with Crippen LogP contribution in [0.1, 0.15) is 12.5 Å². The number of hydrogen-bond donors (Lipinski definition) is 2. The minimum atomic E-state index is -4.65. The highest BCUT2D eigenvalue weighted by atomic mass is 19.4. The van der Waals surface area contributed by atoms with Crippen molar-refractivity contribution in [3.8, 4) is 11.3 Å². The monoisotopic (exact) mass is 355 g/mol. The molecule has 1 saturated heterocycles. The van der Waals surface area contributed by atoms with Crippen molar-refractivity contribution in [2.45, 2.75) is 19.1 Å². The van der Waals surface area contributed by atoms with E-state index in [2.05, 4.69) is 15.0 Å². The summed E-state index contributed by atoms with van der Waals surface area (Å²) in [4.78, 5) is 24.3. The van der Waals surface area contributed by atoms with Crippen LogP contribution in [0.5, 0.6) is 0 Å². The largest absolute Gasteiger partial charge is 0.417 e. The number of anilines is 2. The molecule has 1 aliphatic rings. The van der Waals surface area contributed by atoms with Gasteiger partial charge in [0, 0.05) is 24.4 Å². The number of nitrogens with one attached hydrogen (secondary N) is 1. The van der Waals surface area contributed by atoms with Crippen molar-refractivity contribution in [2.24, 2.45) is 0 Å². The molecule has 1 aliphatic heterocycles. The van der Waals surface area contributed by atoms with Gasteiger partial charge in [0.15, 0.2) is 0 Å². The highest BCUT2D eigenvalue weighted by Crippen LogP contribution is 2.36. The van der Waals surface area contributed by atoms with Gasteiger partial charge in [0.1, 0.15) is 5.82 Å². The van der Waals surface area contributed by atoms with Gasteiger partial charge in [0.25, 0.3) is 5.56 Å². The van der Waals surface area contributed by atoms with Crippen molar-refractivity contribution in [1.82, 2.24) is 15.0 Å². The lowest BCUT2D eigenvalue weighted by atomic mass is 10.1. The zero-order valence-electron chi connectivity index (χ0n) is 13.3. The fourth-order valence-corrected chi connectivity index (χ4v) is 2.67. The molecule has 0 aromatic carbocycles. The van der Waals surface area contributed by atoms with E-state index in [1.54, 1.807) is 4.90 Å². The minimum Gasteiger partial charge on any atom is -0.384 e. The van der Waals surface area contributed by atoms with Crippen LogP contribution >= 0.6 is 0 Å². The number of nitrogens with two attached hydrogens (primary N) is 1. The number of H-pyrrole nitrogens is 1. The molecule has 0 aliphatic carbocycles. The Labute approximate surface area is 140 Å². The number of rotatable bonds is 2. The van der Waals surface area contributed by atoms with E-state index >= 15 is 0 Å². The van der Waals surface area contributed by atoms with Gasteiger partial charge >= 0.3 is 6.18 Å². The third-order valence-corrected chi connectivity index (χ3v) is 3.88. The maximum absolute atomic E-state index is 13.3. The van der Waals surface area contributed by atoms with Gasteiger partial charge in [-0.2, -0.15) is 13.2 Å². The van der Waals surface area contributed by atoms with Crippen LogP contribution in [-0.4, -0.2) is 40.8 Å². The maximum atomic E-state index is 13.3. The van der Waals surface area contributed by atoms with Gasteiger partial charge in [-0.1, -0.05) is 0 Å². The van der Waals surface area contributed by atoms with Crippen molar-refractivity contribution < 1.29 is 17.9 Å². The number of halogens is 3. The average Bonchev–Trinajstić information content (AvgIpc) is 2.53. The smallest absolute Gasteiger partial charge is 0.384 e. The van der Waals surface area contributed by atoms with E-state index in [1.807, 2.05) is 6.92 Å². The molecule has 0 saturated carbocycles. The average molecular weight is 355 g/mol. The van der Waals surface area contributed by atoms with Gasteiger partial charge in [-0.25, -0.2) is 9.97 Å². The highest BCUT2D eigenvalue weighted by Gasteiger charge is 2.35. The number of aromatic amines is 1. The Morgan fingerprint density at radius 1 is 1.40 bits per heavy atom. The molecule has 2 aromatic rings. The van der Waals surface area contributed by atoms with Gasteiger partial charge in [-0.15, -0.1) is 0 Å². The van der Waals surface area contributed by atoms with Crippen LogP contribution in [0.3, 0.4) is 0 Å². The third kappa shape index (κ3) is 3.58. The van der Waals surface area contributed by atoms with E-state index in [4.69, 9.17) is 10.5 Å². The van der Waals surface area contributed by atoms with Crippen LogP contribution in [0, 0.1) is 0 Å². The zero-order valence-corrected chi connectivity index (χ0v) is 13.3. The Kier molecular flexibility index (Phi) is 4.38. The van der Waals surface area contributed by atoms with E-state index in [1.165, 1.54) is 0 Å². The molecule has 7 nitrogen and oxygen atoms in total. The summed E-state index contributed by atoms with van der Waals surface area (Å²) < 4.78 is 45.2. The number of hydrogen-bond acceptors (Lipinski definition) is 6. The summed E-state index contributed by atoms with van der Waals surface area (Å²) in [6.45, 7) is 3.22. The first kappa shape index (κ1) is 17.2. The maximum Gasteiger partial charge on any atom is 0.417 e. The Balaban J connectivity index is 2.12. The lowest BCUT2D eigenvalue weighted by molar-refractivity contribution is -0.137. The molecule has 3 heterocycles. The summed E-state index contributed by atoms with van der Waals surface area (Å²) in [6.07, 6.45) is -3.67. The molecule has 3 N–H and O–H groups in total. The SMILES string of the molecule is CC1COCCN1c1nc(-c2cnc(N)cc2C(F)(F)F)cc(=O)[nH]1. The molecule has 3 rings (SSSR count). The Hall–Kier alpha value is -2.62. The summed E-state index contributed by atoms with van der Waals surface area (Å²) in [6, 6.07) is 1.67. The van der Waals surface area contributed by atoms with Crippen molar-refractivity contribution in [3.63, 3.8) is 0 Å². The van der Waals surface area contributed by atoms with Gasteiger partial charge in [0.05, 0.1) is 30.5 Å². The van der Waals surface area contributed by atoms with Gasteiger partial charge in [-0.3, -0.25) is 9.78 Å². The molecule has 25 heavy (non-hydrogen) atoms. The predicted molar refractivity (Wildman–Crippen MR) is 85.1 cm³/mol. The third-order valence-electron chi connectivity index (χ3n) is 3.88. The zero-order chi connectivity index (χ0) is 18.2. The number of ether oxygens (including phenoxy) is 1. The Morgan fingerprint density at radius 3 is 2.84 bits per heavy atom. The highest BCUT2D eigenvalue weighted by molar-refractivity contribution is 5.66. The van der Waals surface area contributed by atoms with Crippen LogP contribution in [0.25, 0.3) is 11.3 Å². The van der Waals surface area contributed by atoms with Gasteiger partial charge in [0.2, 0.25) is 5.95 Å². The first-order valence-electron chi connectivity index (χ1n) is 7.54. The number of morpholine rings is 1. The molecule has 1 unspecified atom stereocenters. The van der Waals surface area contributed by atoms with E-state index < -0.39 is 17.3 Å². The number of nitrogens with zero attached hydrogens (tertiary/aromatic N) is 3. The molecule has 134 valence electrons. The second-order valence-electron chi connectivity index (χ2n) is 5.72. The standard InChI is InChI=1S/C15H16F3N5O2/c1-8-7-25-3-2-23(8)14-21-11(5-13(24)22-14)9-6-20-12(19)4-10(9)15(16,17)18/h4-6,8H,2-3,7H2,1H3,(H2,19,20)(H,21,22,24). The molecular formula is C15H16F3N5O2. The van der Waals surface area contributed by atoms with Gasteiger partial charge < -0.3 is 15.4 Å². The van der Waals surface area contributed by atoms with Crippen LogP contribution < -0.4 is 16.2 Å². The first-order valence-corrected chi connectivity index (χ1v) is 7.54. The van der Waals surface area contributed by atoms with E-state index in [-0.39, 0.29) is 29.1 Å². The molecule has 2 aromatic heterocycles. The predicted octanol–water partition coefficient (Wildman–Crippen LogP) is 1.66. The normalized spacial score (nSPS) is 18.4. The minimum absolute atomic E-state index is 0.0706. The van der Waals surface area contributed by atoms with Gasteiger partial charge in [-0.05, 0) is 13.0 Å². The number of pyridine rings is 1. The summed E-state index contributed by atoms with van der Waals surface area (Å²) in [5, 5.41) is 0. The lowest BCUT2D eigenvalue weighted by Gasteiger charge is -2.33. The van der Waals surface area contributed by atoms with Crippen LogP contribution in [0.2, 0.25) is 0 Å². The summed E-state index contributed by atoms with van der Waals surface area (Å²) in [5.74, 6) is -0.0637. The first-order chi connectivity index (χ1) is 11.8. The second-order valence-corrected chi connectivity index (χ2v) is 5.72. The molecule has 0 spiro atoms. The Bertz CT molecular complexity index is 837. The number of nitrogen functional groups attached to an aromatic ring is 1. The molecule has 10 heteroatoms. The molecule has 1 atom stereocenters. The van der Waals surface area contributed by atoms with Crippen molar-refractivity contribution in [3.05, 3.63) is 34.2 Å². The van der Waals surface area contributed by atoms with E-state index in [0.717, 1.165) is 18.3 Å². The second kappa shape index (κ2) is 6.36. The summed E-state index contributed by atoms with van der Waals surface area (Å²) >= 11 is 0. The van der Waals surface area contributed by atoms with Crippen LogP contribution in [-0.2, 0) is 10.9 Å². The molecule has 0 bridgehead atoms. The van der Waals surface area contributed by atoms with Crippen LogP contribution in [0.15, 0.2) is 23.1 Å². The molecule has 0 radical (unpaired) electrons. The number of aromatic nitrogens is 3. The molecule has 0 amide bonds. The Morgan fingerprint density at radius 2 is 2.16 bits per heavy atom. The van der Waals surface area contributed by atoms with E-state index in [0.29, 0.717) is 19.8 Å². The van der Waals surface area contributed by atoms with Crippen molar-refractivity contribution in [2.75, 3.05) is 30.4 Å². The van der Waals surface area contributed by atoms with Crippen molar-refractivity contribution in [1.29, 1.82) is 0 Å². The quantitative estimate of drug-likeness (QED) is 0.850.